The highest BCUT2D eigenvalue weighted by Gasteiger charge is 2.27. The molecule has 2 N–H and O–H groups in total. The molecule has 1 unspecified atom stereocenters. The lowest BCUT2D eigenvalue weighted by Crippen LogP contribution is -2.33. The number of amides is 1. The van der Waals surface area contributed by atoms with E-state index >= 15 is 0 Å². The molecule has 196 valence electrons. The molecule has 1 aromatic carbocycles. The molecule has 0 fully saturated rings. The second-order valence-corrected chi connectivity index (χ2v) is 9.69. The Balaban J connectivity index is 1.27. The molecular weight excluding hydrogens is 478 g/mol. The second-order valence-electron chi connectivity index (χ2n) is 9.69. The number of benzene rings is 1. The van der Waals surface area contributed by atoms with Crippen molar-refractivity contribution in [3.63, 3.8) is 0 Å². The van der Waals surface area contributed by atoms with Crippen LogP contribution in [0, 0.1) is 13.8 Å². The van der Waals surface area contributed by atoms with Crippen LogP contribution < -0.4 is 10.1 Å². The first kappa shape index (κ1) is 25.5. The Hall–Kier alpha value is -4.11. The van der Waals surface area contributed by atoms with Crippen molar-refractivity contribution in [2.24, 2.45) is 0 Å². The summed E-state index contributed by atoms with van der Waals surface area (Å²) in [5, 5.41) is 2.85. The Kier molecular flexibility index (Phi) is 8.04. The van der Waals surface area contributed by atoms with Gasteiger partial charge in [-0.15, -0.1) is 0 Å². The normalized spacial score (nSPS) is 14.8. The summed E-state index contributed by atoms with van der Waals surface area (Å²) in [7, 11) is 0. The molecule has 1 aliphatic carbocycles. The van der Waals surface area contributed by atoms with Gasteiger partial charge in [-0.1, -0.05) is 30.3 Å². The Morgan fingerprint density at radius 1 is 1.13 bits per heavy atom. The summed E-state index contributed by atoms with van der Waals surface area (Å²) >= 11 is 0. The molecule has 0 radical (unpaired) electrons. The van der Waals surface area contributed by atoms with Crippen LogP contribution in [0.15, 0.2) is 61.4 Å². The Morgan fingerprint density at radius 2 is 1.97 bits per heavy atom. The number of ether oxygens (including phenoxy) is 1. The van der Waals surface area contributed by atoms with Crippen LogP contribution in [-0.2, 0) is 25.9 Å². The molecule has 1 aliphatic rings. The number of aromatic amines is 1. The van der Waals surface area contributed by atoms with E-state index in [9.17, 15) is 4.79 Å². The van der Waals surface area contributed by atoms with Gasteiger partial charge in [0.1, 0.15) is 6.33 Å². The van der Waals surface area contributed by atoms with Crippen LogP contribution in [-0.4, -0.2) is 42.5 Å². The molecule has 5 rings (SSSR count). The first-order valence-corrected chi connectivity index (χ1v) is 13.0. The Bertz CT molecular complexity index is 1350. The first-order valence-electron chi connectivity index (χ1n) is 13.0. The van der Waals surface area contributed by atoms with Crippen LogP contribution in [0.4, 0.5) is 4.79 Å². The van der Waals surface area contributed by atoms with Crippen LogP contribution in [0.3, 0.4) is 0 Å². The average Bonchev–Trinajstić information content (AvgIpc) is 3.46. The Morgan fingerprint density at radius 3 is 2.79 bits per heavy atom. The van der Waals surface area contributed by atoms with E-state index in [-0.39, 0.29) is 6.04 Å². The lowest BCUT2D eigenvalue weighted by atomic mass is 9.90. The molecule has 9 nitrogen and oxygen atoms in total. The van der Waals surface area contributed by atoms with Crippen molar-refractivity contribution in [2.75, 3.05) is 6.54 Å². The highest BCUT2D eigenvalue weighted by molar-refractivity contribution is 5.70. The predicted octanol–water partition coefficient (Wildman–Crippen LogP) is 4.62. The zero-order valence-corrected chi connectivity index (χ0v) is 21.9. The molecule has 1 atom stereocenters. The fraction of sp³-hybridized carbons (Fsp3) is 0.345. The van der Waals surface area contributed by atoms with Crippen molar-refractivity contribution in [1.82, 2.24) is 35.1 Å². The van der Waals surface area contributed by atoms with Crippen LogP contribution in [0.1, 0.15) is 58.3 Å². The van der Waals surface area contributed by atoms with Gasteiger partial charge in [-0.3, -0.25) is 9.88 Å². The molecule has 0 saturated carbocycles. The molecule has 0 spiro atoms. The molecule has 4 aromatic rings. The summed E-state index contributed by atoms with van der Waals surface area (Å²) in [5.74, 6) is 0.396. The van der Waals surface area contributed by atoms with Crippen molar-refractivity contribution in [3.05, 3.63) is 101 Å². The van der Waals surface area contributed by atoms with Gasteiger partial charge in [0, 0.05) is 44.1 Å². The number of imidazole rings is 1. The summed E-state index contributed by atoms with van der Waals surface area (Å²) in [5.41, 5.74) is 7.12. The van der Waals surface area contributed by atoms with E-state index in [0.29, 0.717) is 23.7 Å². The average molecular weight is 512 g/mol. The smallest absolute Gasteiger partial charge is 0.406 e. The van der Waals surface area contributed by atoms with E-state index in [0.717, 1.165) is 50.0 Å². The van der Waals surface area contributed by atoms with Crippen LogP contribution in [0.2, 0.25) is 0 Å². The summed E-state index contributed by atoms with van der Waals surface area (Å²) in [6.45, 7) is 5.61. The zero-order valence-electron chi connectivity index (χ0n) is 21.9. The highest BCUT2D eigenvalue weighted by Crippen LogP contribution is 2.34. The predicted molar refractivity (Wildman–Crippen MR) is 143 cm³/mol. The van der Waals surface area contributed by atoms with Crippen molar-refractivity contribution in [1.29, 1.82) is 0 Å². The second kappa shape index (κ2) is 12.0. The van der Waals surface area contributed by atoms with Gasteiger partial charge in [-0.2, -0.15) is 0 Å². The number of hydrogen-bond acceptors (Lipinski definition) is 7. The van der Waals surface area contributed by atoms with Gasteiger partial charge in [0.15, 0.2) is 5.75 Å². The highest BCUT2D eigenvalue weighted by atomic mass is 16.6. The summed E-state index contributed by atoms with van der Waals surface area (Å²) in [6, 6.07) is 12.8. The molecule has 0 bridgehead atoms. The van der Waals surface area contributed by atoms with E-state index in [1.165, 1.54) is 23.1 Å². The van der Waals surface area contributed by atoms with E-state index < -0.39 is 6.09 Å². The third-order valence-corrected chi connectivity index (χ3v) is 7.00. The SMILES string of the molecule is Cc1ncnc(C)c1OC(=O)NCc1cccc(CN(CCc2cnc[nH]2)C2CCCc3cccnc32)c1. The maximum Gasteiger partial charge on any atom is 0.412 e. The van der Waals surface area contributed by atoms with E-state index in [1.54, 1.807) is 20.2 Å². The quantitative estimate of drug-likeness (QED) is 0.337. The van der Waals surface area contributed by atoms with Gasteiger partial charge in [0.2, 0.25) is 0 Å². The minimum Gasteiger partial charge on any atom is -0.406 e. The van der Waals surface area contributed by atoms with Crippen molar-refractivity contribution in [2.45, 2.75) is 58.7 Å². The van der Waals surface area contributed by atoms with E-state index in [4.69, 9.17) is 9.72 Å². The number of hydrogen-bond donors (Lipinski definition) is 2. The summed E-state index contributed by atoms with van der Waals surface area (Å²) in [6.07, 6.45) is 10.7. The van der Waals surface area contributed by atoms with Crippen LogP contribution >= 0.6 is 0 Å². The Labute approximate surface area is 222 Å². The largest absolute Gasteiger partial charge is 0.412 e. The number of nitrogens with zero attached hydrogens (tertiary/aromatic N) is 5. The zero-order chi connectivity index (χ0) is 26.3. The minimum atomic E-state index is -0.525. The van der Waals surface area contributed by atoms with E-state index in [1.807, 2.05) is 30.6 Å². The van der Waals surface area contributed by atoms with Gasteiger partial charge in [0.05, 0.1) is 29.5 Å². The topological polar surface area (TPSA) is 109 Å². The number of carbonyl (C=O) groups is 1. The number of H-pyrrole nitrogens is 1. The fourth-order valence-corrected chi connectivity index (χ4v) is 5.08. The standard InChI is InChI=1S/C29H33N7O2/c1-20-28(21(2)34-19-33-20)38-29(37)32-15-22-6-3-7-23(14-22)17-36(13-11-25-16-30-18-35-25)26-10-4-8-24-9-5-12-31-27(24)26/h3,5-7,9,12,14,16,18-19,26H,4,8,10-11,13,15,17H2,1-2H3,(H,30,35)(H,32,37). The number of nitrogens with one attached hydrogen (secondary N) is 2. The van der Waals surface area contributed by atoms with Crippen molar-refractivity contribution in [3.8, 4) is 5.75 Å². The first-order chi connectivity index (χ1) is 18.6. The molecule has 0 saturated heterocycles. The maximum atomic E-state index is 12.5. The van der Waals surface area contributed by atoms with Crippen LogP contribution in [0.25, 0.3) is 0 Å². The van der Waals surface area contributed by atoms with Gasteiger partial charge in [-0.25, -0.2) is 19.7 Å². The van der Waals surface area contributed by atoms with Gasteiger partial charge < -0.3 is 15.0 Å². The molecular formula is C29H33N7O2. The van der Waals surface area contributed by atoms with Crippen LogP contribution in [0.5, 0.6) is 5.75 Å². The van der Waals surface area contributed by atoms with Crippen molar-refractivity contribution < 1.29 is 9.53 Å². The number of aromatic nitrogens is 5. The van der Waals surface area contributed by atoms with E-state index in [2.05, 4.69) is 48.4 Å². The number of aryl methyl sites for hydroxylation is 3. The third-order valence-electron chi connectivity index (χ3n) is 7.00. The minimum absolute atomic E-state index is 0.263. The van der Waals surface area contributed by atoms with Crippen molar-refractivity contribution >= 4 is 6.09 Å². The summed E-state index contributed by atoms with van der Waals surface area (Å²) < 4.78 is 5.47. The fourth-order valence-electron chi connectivity index (χ4n) is 5.08. The van der Waals surface area contributed by atoms with Gasteiger partial charge in [-0.05, 0) is 55.9 Å². The molecule has 0 aliphatic heterocycles. The number of carbonyl (C=O) groups excluding carboxylic acids is 1. The molecule has 9 heteroatoms. The maximum absolute atomic E-state index is 12.5. The van der Waals surface area contributed by atoms with Gasteiger partial charge >= 0.3 is 6.09 Å². The molecule has 38 heavy (non-hydrogen) atoms. The third kappa shape index (κ3) is 6.23. The summed E-state index contributed by atoms with van der Waals surface area (Å²) in [4.78, 5) is 35.4. The molecule has 1 amide bonds. The van der Waals surface area contributed by atoms with Gasteiger partial charge in [0.25, 0.3) is 0 Å². The number of rotatable bonds is 9. The lowest BCUT2D eigenvalue weighted by Gasteiger charge is -2.35. The number of pyridine rings is 1. The lowest BCUT2D eigenvalue weighted by molar-refractivity contribution is 0.167. The monoisotopic (exact) mass is 511 g/mol. The molecule has 3 aromatic heterocycles. The molecule has 3 heterocycles. The number of fused-ring (bicyclic) bond motifs is 1.